The van der Waals surface area contributed by atoms with E-state index in [0.29, 0.717) is 17.2 Å². The number of hydrogen-bond acceptors (Lipinski definition) is 3. The van der Waals surface area contributed by atoms with Crippen LogP contribution in [0.25, 0.3) is 0 Å². The van der Waals surface area contributed by atoms with Crippen molar-refractivity contribution in [2.75, 3.05) is 6.61 Å². The van der Waals surface area contributed by atoms with Gasteiger partial charge in [0.15, 0.2) is 6.61 Å². The molecular weight excluding hydrogens is 587 g/mol. The molecule has 5 nitrogen and oxygen atoms in total. The number of rotatable bonds is 10. The number of carbonyl (C=O) groups excluding carboxylic acids is 2. The van der Waals surface area contributed by atoms with E-state index in [4.69, 9.17) is 16.3 Å². The number of halogens is 2. The Balaban J connectivity index is 1.61. The molecule has 1 fully saturated rings. The third kappa shape index (κ3) is 7.46. The SMILES string of the molecule is O=C(NC1CCCC1)C(Cc1ccccc1)N(Cc1ccccc1Cl)C(=O)COc1ccc(I)cc1. The van der Waals surface area contributed by atoms with Gasteiger partial charge in [-0.3, -0.25) is 9.59 Å². The van der Waals surface area contributed by atoms with Gasteiger partial charge in [-0.1, -0.05) is 73.0 Å². The summed E-state index contributed by atoms with van der Waals surface area (Å²) >= 11 is 8.70. The first-order valence-electron chi connectivity index (χ1n) is 12.2. The van der Waals surface area contributed by atoms with Crippen molar-refractivity contribution in [3.05, 3.63) is 98.6 Å². The van der Waals surface area contributed by atoms with Crippen LogP contribution in [0.4, 0.5) is 0 Å². The van der Waals surface area contributed by atoms with Gasteiger partial charge in [0.25, 0.3) is 5.91 Å². The van der Waals surface area contributed by atoms with Gasteiger partial charge in [0.2, 0.25) is 5.91 Å². The van der Waals surface area contributed by atoms with Crippen molar-refractivity contribution in [1.29, 1.82) is 0 Å². The molecule has 3 aromatic rings. The van der Waals surface area contributed by atoms with Crippen molar-refractivity contribution in [3.63, 3.8) is 0 Å². The van der Waals surface area contributed by atoms with Crippen molar-refractivity contribution in [2.24, 2.45) is 0 Å². The maximum absolute atomic E-state index is 13.7. The van der Waals surface area contributed by atoms with E-state index in [1.165, 1.54) is 0 Å². The van der Waals surface area contributed by atoms with Crippen LogP contribution in [-0.2, 0) is 22.6 Å². The summed E-state index contributed by atoms with van der Waals surface area (Å²) in [7, 11) is 0. The van der Waals surface area contributed by atoms with Crippen molar-refractivity contribution in [2.45, 2.75) is 50.7 Å². The van der Waals surface area contributed by atoms with E-state index in [1.807, 2.05) is 72.8 Å². The van der Waals surface area contributed by atoms with E-state index >= 15 is 0 Å². The van der Waals surface area contributed by atoms with Crippen LogP contribution >= 0.6 is 34.2 Å². The average Bonchev–Trinajstić information content (AvgIpc) is 3.40. The summed E-state index contributed by atoms with van der Waals surface area (Å²) in [6.45, 7) is 0.0389. The summed E-state index contributed by atoms with van der Waals surface area (Å²) in [4.78, 5) is 28.9. The van der Waals surface area contributed by atoms with Gasteiger partial charge >= 0.3 is 0 Å². The summed E-state index contributed by atoms with van der Waals surface area (Å²) in [6.07, 6.45) is 4.57. The van der Waals surface area contributed by atoms with Crippen LogP contribution in [0.2, 0.25) is 5.02 Å². The monoisotopic (exact) mass is 616 g/mol. The average molecular weight is 617 g/mol. The van der Waals surface area contributed by atoms with Gasteiger partial charge in [-0.15, -0.1) is 0 Å². The smallest absolute Gasteiger partial charge is 0.261 e. The molecule has 0 saturated heterocycles. The lowest BCUT2D eigenvalue weighted by Gasteiger charge is -2.32. The maximum atomic E-state index is 13.7. The minimum atomic E-state index is -0.697. The Bertz CT molecular complexity index is 1150. The number of ether oxygens (including phenoxy) is 1. The van der Waals surface area contributed by atoms with Crippen LogP contribution < -0.4 is 10.1 Å². The van der Waals surface area contributed by atoms with Crippen molar-refractivity contribution >= 4 is 46.0 Å². The molecule has 0 radical (unpaired) electrons. The lowest BCUT2D eigenvalue weighted by Crippen LogP contribution is -2.53. The fraction of sp³-hybridized carbons (Fsp3) is 0.310. The van der Waals surface area contributed by atoms with Gasteiger partial charge in [0.1, 0.15) is 11.8 Å². The van der Waals surface area contributed by atoms with Crippen LogP contribution in [0.5, 0.6) is 5.75 Å². The minimum Gasteiger partial charge on any atom is -0.484 e. The third-order valence-electron chi connectivity index (χ3n) is 6.45. The minimum absolute atomic E-state index is 0.138. The molecule has 1 aliphatic carbocycles. The van der Waals surface area contributed by atoms with Crippen LogP contribution in [-0.4, -0.2) is 35.4 Å². The third-order valence-corrected chi connectivity index (χ3v) is 7.54. The van der Waals surface area contributed by atoms with Crippen LogP contribution in [0.1, 0.15) is 36.8 Å². The molecule has 1 saturated carbocycles. The van der Waals surface area contributed by atoms with Crippen LogP contribution in [0.3, 0.4) is 0 Å². The summed E-state index contributed by atoms with van der Waals surface area (Å²) < 4.78 is 6.91. The molecule has 1 N–H and O–H groups in total. The van der Waals surface area contributed by atoms with Crippen molar-refractivity contribution < 1.29 is 14.3 Å². The maximum Gasteiger partial charge on any atom is 0.261 e. The normalized spacial score (nSPS) is 14.3. The van der Waals surface area contributed by atoms with E-state index in [9.17, 15) is 9.59 Å². The number of nitrogens with zero attached hydrogens (tertiary/aromatic N) is 1. The molecule has 1 atom stereocenters. The van der Waals surface area contributed by atoms with Gasteiger partial charge in [-0.25, -0.2) is 0 Å². The summed E-state index contributed by atoms with van der Waals surface area (Å²) in [5, 5.41) is 3.77. The molecule has 0 aliphatic heterocycles. The molecule has 4 rings (SSSR count). The Hall–Kier alpha value is -2.58. The standard InChI is InChI=1S/C29H30ClIN2O3/c30-26-13-7-4-10-22(26)19-33(28(34)20-36-25-16-14-23(31)15-17-25)27(18-21-8-2-1-3-9-21)29(35)32-24-11-5-6-12-24/h1-4,7-10,13-17,24,27H,5-6,11-12,18-20H2,(H,32,35). The quantitative estimate of drug-likeness (QED) is 0.284. The predicted octanol–water partition coefficient (Wildman–Crippen LogP) is 6.02. The van der Waals surface area contributed by atoms with Gasteiger partial charge in [0, 0.05) is 27.6 Å². The van der Waals surface area contributed by atoms with E-state index in [2.05, 4.69) is 27.9 Å². The lowest BCUT2D eigenvalue weighted by molar-refractivity contribution is -0.143. The number of benzene rings is 3. The Kier molecular flexibility index (Phi) is 9.64. The fourth-order valence-electron chi connectivity index (χ4n) is 4.49. The molecule has 0 heterocycles. The Morgan fingerprint density at radius 1 is 0.972 bits per heavy atom. The first-order valence-corrected chi connectivity index (χ1v) is 13.7. The Morgan fingerprint density at radius 2 is 1.64 bits per heavy atom. The van der Waals surface area contributed by atoms with Gasteiger partial charge in [-0.2, -0.15) is 0 Å². The fourth-order valence-corrected chi connectivity index (χ4v) is 5.05. The highest BCUT2D eigenvalue weighted by Gasteiger charge is 2.32. The number of nitrogens with one attached hydrogen (secondary N) is 1. The van der Waals surface area contributed by atoms with Crippen LogP contribution in [0.15, 0.2) is 78.9 Å². The second-order valence-corrected chi connectivity index (χ2v) is 10.7. The molecule has 188 valence electrons. The Labute approximate surface area is 231 Å². The molecule has 0 bridgehead atoms. The van der Waals surface area contributed by atoms with E-state index < -0.39 is 6.04 Å². The largest absolute Gasteiger partial charge is 0.484 e. The summed E-state index contributed by atoms with van der Waals surface area (Å²) in [5.74, 6) is 0.202. The molecule has 3 aromatic carbocycles. The van der Waals surface area contributed by atoms with E-state index in [-0.39, 0.29) is 31.0 Å². The molecule has 0 spiro atoms. The zero-order chi connectivity index (χ0) is 25.3. The zero-order valence-corrected chi connectivity index (χ0v) is 23.0. The molecule has 0 aromatic heterocycles. The van der Waals surface area contributed by atoms with Crippen molar-refractivity contribution in [3.8, 4) is 5.75 Å². The second kappa shape index (κ2) is 13.1. The number of carbonyl (C=O) groups is 2. The first-order chi connectivity index (χ1) is 17.5. The zero-order valence-electron chi connectivity index (χ0n) is 20.0. The van der Waals surface area contributed by atoms with E-state index in [0.717, 1.165) is 40.4 Å². The van der Waals surface area contributed by atoms with E-state index in [1.54, 1.807) is 11.0 Å². The molecule has 36 heavy (non-hydrogen) atoms. The molecule has 1 unspecified atom stereocenters. The summed E-state index contributed by atoms with van der Waals surface area (Å²) in [6, 6.07) is 24.2. The van der Waals surface area contributed by atoms with Crippen LogP contribution in [0, 0.1) is 3.57 Å². The number of amides is 2. The molecule has 2 amide bonds. The Morgan fingerprint density at radius 3 is 2.33 bits per heavy atom. The van der Waals surface area contributed by atoms with Gasteiger partial charge in [-0.05, 0) is 76.9 Å². The number of hydrogen-bond donors (Lipinski definition) is 1. The molecular formula is C29H30ClIN2O3. The topological polar surface area (TPSA) is 58.6 Å². The highest BCUT2D eigenvalue weighted by molar-refractivity contribution is 14.1. The highest BCUT2D eigenvalue weighted by Crippen LogP contribution is 2.23. The van der Waals surface area contributed by atoms with Gasteiger partial charge in [0.05, 0.1) is 0 Å². The highest BCUT2D eigenvalue weighted by atomic mass is 127. The molecule has 7 heteroatoms. The van der Waals surface area contributed by atoms with Crippen molar-refractivity contribution in [1.82, 2.24) is 10.2 Å². The second-order valence-electron chi connectivity index (χ2n) is 9.05. The first kappa shape index (κ1) is 26.5. The lowest BCUT2D eigenvalue weighted by atomic mass is 10.0. The summed E-state index contributed by atoms with van der Waals surface area (Å²) in [5.41, 5.74) is 1.77. The predicted molar refractivity (Wildman–Crippen MR) is 151 cm³/mol. The molecule has 1 aliphatic rings. The van der Waals surface area contributed by atoms with Gasteiger partial charge < -0.3 is 15.0 Å².